The first kappa shape index (κ1) is 13.9. The van der Waals surface area contributed by atoms with Crippen molar-refractivity contribution in [2.24, 2.45) is 0 Å². The largest absolute Gasteiger partial charge is 0.478 e. The molecule has 1 fully saturated rings. The lowest BCUT2D eigenvalue weighted by molar-refractivity contribution is -0.115. The number of carbonyl (C=O) groups excluding carboxylic acids is 1. The predicted octanol–water partition coefficient (Wildman–Crippen LogP) is 2.92. The number of benzene rings is 1. The molecule has 2 rings (SSSR count). The summed E-state index contributed by atoms with van der Waals surface area (Å²) in [4.78, 5) is 23.0. The minimum atomic E-state index is -0.946. The first-order valence-electron chi connectivity index (χ1n) is 6.34. The summed E-state index contributed by atoms with van der Waals surface area (Å²) in [6.07, 6.45) is 3.20. The van der Waals surface area contributed by atoms with E-state index in [1.807, 2.05) is 0 Å². The molecule has 1 aromatic carbocycles. The Morgan fingerprint density at radius 2 is 2.16 bits per heavy atom. The Balaban J connectivity index is 2.04. The van der Waals surface area contributed by atoms with Gasteiger partial charge in [0.1, 0.15) is 0 Å². The highest BCUT2D eigenvalue weighted by molar-refractivity contribution is 8.00. The normalized spacial score (nSPS) is 18.9. The summed E-state index contributed by atoms with van der Waals surface area (Å²) in [6, 6.07) is 4.87. The molecule has 0 spiro atoms. The Bertz CT molecular complexity index is 495. The zero-order valence-electron chi connectivity index (χ0n) is 10.8. The first-order valence-corrected chi connectivity index (χ1v) is 7.39. The van der Waals surface area contributed by atoms with Gasteiger partial charge in [-0.1, -0.05) is 6.42 Å². The lowest BCUT2D eigenvalue weighted by Gasteiger charge is -2.20. The number of nitrogens with one attached hydrogen (secondary N) is 1. The number of anilines is 1. The van der Waals surface area contributed by atoms with Gasteiger partial charge in [0.15, 0.2) is 0 Å². The molecule has 1 aliphatic rings. The van der Waals surface area contributed by atoms with Crippen LogP contribution in [0.25, 0.3) is 0 Å². The number of thioether (sulfide) groups is 1. The standard InChI is InChI=1S/C14H17NO3S/c1-9-8-10(5-6-11(9)14(17)18)15-13(16)12-4-2-3-7-19-12/h5-6,8,12H,2-4,7H2,1H3,(H,15,16)(H,17,18). The smallest absolute Gasteiger partial charge is 0.335 e. The number of hydrogen-bond donors (Lipinski definition) is 2. The number of carboxylic acid groups (broad SMARTS) is 1. The highest BCUT2D eigenvalue weighted by Gasteiger charge is 2.21. The van der Waals surface area contributed by atoms with Crippen molar-refractivity contribution in [2.75, 3.05) is 11.1 Å². The second-order valence-corrected chi connectivity index (χ2v) is 5.99. The number of carbonyl (C=O) groups is 2. The van der Waals surface area contributed by atoms with Crippen LogP contribution in [0.5, 0.6) is 0 Å². The fraction of sp³-hybridized carbons (Fsp3) is 0.429. The molecule has 102 valence electrons. The maximum Gasteiger partial charge on any atom is 0.335 e. The van der Waals surface area contributed by atoms with Crippen LogP contribution in [0.4, 0.5) is 5.69 Å². The number of amides is 1. The molecule has 1 atom stereocenters. The summed E-state index contributed by atoms with van der Waals surface area (Å²) in [6.45, 7) is 1.73. The van der Waals surface area contributed by atoms with Gasteiger partial charge >= 0.3 is 5.97 Å². The third-order valence-electron chi connectivity index (χ3n) is 3.20. The van der Waals surface area contributed by atoms with Gasteiger partial charge < -0.3 is 10.4 Å². The number of hydrogen-bond acceptors (Lipinski definition) is 3. The van der Waals surface area contributed by atoms with Crippen LogP contribution in [0.3, 0.4) is 0 Å². The zero-order chi connectivity index (χ0) is 13.8. The minimum Gasteiger partial charge on any atom is -0.478 e. The molecule has 19 heavy (non-hydrogen) atoms. The van der Waals surface area contributed by atoms with Crippen molar-refractivity contribution in [1.82, 2.24) is 0 Å². The van der Waals surface area contributed by atoms with Crippen LogP contribution in [-0.4, -0.2) is 28.0 Å². The molecule has 0 bridgehead atoms. The molecule has 1 amide bonds. The monoisotopic (exact) mass is 279 g/mol. The molecule has 5 heteroatoms. The van der Waals surface area contributed by atoms with Crippen molar-refractivity contribution in [2.45, 2.75) is 31.4 Å². The molecule has 2 N–H and O–H groups in total. The molecular weight excluding hydrogens is 262 g/mol. The van der Waals surface area contributed by atoms with E-state index in [0.29, 0.717) is 11.3 Å². The number of aromatic carboxylic acids is 1. The van der Waals surface area contributed by atoms with E-state index < -0.39 is 5.97 Å². The third kappa shape index (κ3) is 3.50. The van der Waals surface area contributed by atoms with Gasteiger partial charge in [0.2, 0.25) is 5.91 Å². The summed E-state index contributed by atoms with van der Waals surface area (Å²) >= 11 is 1.70. The van der Waals surface area contributed by atoms with Crippen LogP contribution in [-0.2, 0) is 4.79 Å². The molecule has 1 aromatic rings. The van der Waals surface area contributed by atoms with Gasteiger partial charge in [-0.15, -0.1) is 11.8 Å². The van der Waals surface area contributed by atoms with Gasteiger partial charge in [-0.3, -0.25) is 4.79 Å². The number of aryl methyl sites for hydroxylation is 1. The molecule has 0 saturated carbocycles. The van der Waals surface area contributed by atoms with E-state index in [4.69, 9.17) is 5.11 Å². The number of rotatable bonds is 3. The summed E-state index contributed by atoms with van der Waals surface area (Å²) in [5.74, 6) is 0.111. The highest BCUT2D eigenvalue weighted by Crippen LogP contribution is 2.26. The van der Waals surface area contributed by atoms with Gasteiger partial charge in [0.05, 0.1) is 10.8 Å². The summed E-state index contributed by atoms with van der Waals surface area (Å²) in [7, 11) is 0. The third-order valence-corrected chi connectivity index (χ3v) is 4.57. The summed E-state index contributed by atoms with van der Waals surface area (Å²) in [5, 5.41) is 11.8. The topological polar surface area (TPSA) is 66.4 Å². The molecule has 0 radical (unpaired) electrons. The van der Waals surface area contributed by atoms with Gasteiger partial charge in [-0.05, 0) is 49.3 Å². The molecule has 0 aromatic heterocycles. The van der Waals surface area contributed by atoms with E-state index in [0.717, 1.165) is 18.6 Å². The predicted molar refractivity (Wildman–Crippen MR) is 76.9 cm³/mol. The van der Waals surface area contributed by atoms with Gasteiger partial charge in [-0.25, -0.2) is 4.79 Å². The SMILES string of the molecule is Cc1cc(NC(=O)C2CCCCS2)ccc1C(=O)O. The second-order valence-electron chi connectivity index (χ2n) is 4.68. The van der Waals surface area contributed by atoms with Crippen LogP contribution >= 0.6 is 11.8 Å². The second kappa shape index (κ2) is 6.10. The molecule has 1 aliphatic heterocycles. The minimum absolute atomic E-state index is 0.0205. The Kier molecular flexibility index (Phi) is 4.47. The fourth-order valence-corrected chi connectivity index (χ4v) is 3.35. The Morgan fingerprint density at radius 1 is 1.37 bits per heavy atom. The Labute approximate surface area is 116 Å². The highest BCUT2D eigenvalue weighted by atomic mass is 32.2. The fourth-order valence-electron chi connectivity index (χ4n) is 2.15. The van der Waals surface area contributed by atoms with Gasteiger partial charge in [0, 0.05) is 5.69 Å². The van der Waals surface area contributed by atoms with Crippen molar-refractivity contribution < 1.29 is 14.7 Å². The van der Waals surface area contributed by atoms with Crippen molar-refractivity contribution >= 4 is 29.3 Å². The van der Waals surface area contributed by atoms with Crippen molar-refractivity contribution in [1.29, 1.82) is 0 Å². The molecule has 4 nitrogen and oxygen atoms in total. The maximum atomic E-state index is 12.0. The van der Waals surface area contributed by atoms with E-state index in [9.17, 15) is 9.59 Å². The summed E-state index contributed by atoms with van der Waals surface area (Å²) < 4.78 is 0. The molecule has 1 unspecified atom stereocenters. The average Bonchev–Trinajstić information content (AvgIpc) is 2.39. The molecule has 1 saturated heterocycles. The Morgan fingerprint density at radius 3 is 2.74 bits per heavy atom. The number of carboxylic acids is 1. The van der Waals surface area contributed by atoms with E-state index in [2.05, 4.69) is 5.32 Å². The lowest BCUT2D eigenvalue weighted by atomic mass is 10.1. The summed E-state index contributed by atoms with van der Waals surface area (Å²) in [5.41, 5.74) is 1.59. The average molecular weight is 279 g/mol. The van der Waals surface area contributed by atoms with Crippen molar-refractivity contribution in [3.8, 4) is 0 Å². The van der Waals surface area contributed by atoms with Crippen LogP contribution in [0.15, 0.2) is 18.2 Å². The quantitative estimate of drug-likeness (QED) is 0.892. The molecular formula is C14H17NO3S. The first-order chi connectivity index (χ1) is 9.08. The lowest BCUT2D eigenvalue weighted by Crippen LogP contribution is -2.27. The van der Waals surface area contributed by atoms with Gasteiger partial charge in [-0.2, -0.15) is 0 Å². The van der Waals surface area contributed by atoms with Crippen LogP contribution < -0.4 is 5.32 Å². The van der Waals surface area contributed by atoms with Crippen LogP contribution in [0.2, 0.25) is 0 Å². The van der Waals surface area contributed by atoms with E-state index in [-0.39, 0.29) is 16.7 Å². The molecule has 0 aliphatic carbocycles. The maximum absolute atomic E-state index is 12.0. The van der Waals surface area contributed by atoms with E-state index >= 15 is 0 Å². The van der Waals surface area contributed by atoms with Gasteiger partial charge in [0.25, 0.3) is 0 Å². The van der Waals surface area contributed by atoms with Crippen LogP contribution in [0.1, 0.15) is 35.2 Å². The van der Waals surface area contributed by atoms with E-state index in [1.165, 1.54) is 12.5 Å². The van der Waals surface area contributed by atoms with Crippen molar-refractivity contribution in [3.63, 3.8) is 0 Å². The Hall–Kier alpha value is -1.49. The van der Waals surface area contributed by atoms with Crippen LogP contribution in [0, 0.1) is 6.92 Å². The van der Waals surface area contributed by atoms with E-state index in [1.54, 1.807) is 30.8 Å². The zero-order valence-corrected chi connectivity index (χ0v) is 11.6. The molecule has 1 heterocycles. The van der Waals surface area contributed by atoms with Crippen molar-refractivity contribution in [3.05, 3.63) is 29.3 Å².